The molecule has 1 unspecified atom stereocenters. The van der Waals surface area contributed by atoms with Gasteiger partial charge in [0.15, 0.2) is 0 Å². The zero-order valence-corrected chi connectivity index (χ0v) is 11.8. The zero-order chi connectivity index (χ0) is 12.5. The van der Waals surface area contributed by atoms with Gasteiger partial charge in [-0.05, 0) is 67.3 Å². The molecule has 18 heavy (non-hydrogen) atoms. The second kappa shape index (κ2) is 4.77. The van der Waals surface area contributed by atoms with E-state index < -0.39 is 0 Å². The number of thiophene rings is 1. The Bertz CT molecular complexity index is 556. The first kappa shape index (κ1) is 11.8. The van der Waals surface area contributed by atoms with E-state index >= 15 is 0 Å². The Balaban J connectivity index is 1.88. The summed E-state index contributed by atoms with van der Waals surface area (Å²) in [4.78, 5) is 1.57. The first-order valence-electron chi connectivity index (χ1n) is 6.64. The minimum absolute atomic E-state index is 0.500. The Morgan fingerprint density at radius 3 is 3.00 bits per heavy atom. The number of hydrogen-bond donors (Lipinski definition) is 1. The average molecular weight is 257 g/mol. The smallest absolute Gasteiger partial charge is 0.0525 e. The van der Waals surface area contributed by atoms with E-state index in [0.29, 0.717) is 6.04 Å². The van der Waals surface area contributed by atoms with Crippen molar-refractivity contribution in [2.24, 2.45) is 0 Å². The second-order valence-electron chi connectivity index (χ2n) is 5.21. The lowest BCUT2D eigenvalue weighted by atomic mass is 9.93. The minimum atomic E-state index is 0.500. The van der Waals surface area contributed by atoms with E-state index in [9.17, 15) is 0 Å². The summed E-state index contributed by atoms with van der Waals surface area (Å²) >= 11 is 1.91. The zero-order valence-electron chi connectivity index (χ0n) is 11.0. The van der Waals surface area contributed by atoms with Gasteiger partial charge < -0.3 is 5.32 Å². The van der Waals surface area contributed by atoms with Gasteiger partial charge >= 0.3 is 0 Å². The first-order valence-corrected chi connectivity index (χ1v) is 7.52. The Morgan fingerprint density at radius 2 is 2.11 bits per heavy atom. The van der Waals surface area contributed by atoms with Crippen molar-refractivity contribution in [3.8, 4) is 0 Å². The molecule has 1 nitrogen and oxygen atoms in total. The summed E-state index contributed by atoms with van der Waals surface area (Å²) in [5.41, 5.74) is 5.47. The van der Waals surface area contributed by atoms with Crippen LogP contribution >= 0.6 is 11.3 Å². The molecule has 0 saturated carbocycles. The molecule has 2 aromatic rings. The van der Waals surface area contributed by atoms with Gasteiger partial charge in [0.05, 0.1) is 6.04 Å². The number of fused-ring (bicyclic) bond motifs is 1. The van der Waals surface area contributed by atoms with Crippen LogP contribution in [0.5, 0.6) is 0 Å². The summed E-state index contributed by atoms with van der Waals surface area (Å²) in [6.07, 6.45) is 3.81. The van der Waals surface area contributed by atoms with Crippen LogP contribution in [0.25, 0.3) is 0 Å². The third-order valence-electron chi connectivity index (χ3n) is 3.77. The number of hydrogen-bond acceptors (Lipinski definition) is 2. The molecule has 94 valence electrons. The average Bonchev–Trinajstić information content (AvgIpc) is 2.83. The van der Waals surface area contributed by atoms with Crippen molar-refractivity contribution < 1.29 is 0 Å². The van der Waals surface area contributed by atoms with Gasteiger partial charge in [-0.2, -0.15) is 0 Å². The molecule has 0 saturated heterocycles. The quantitative estimate of drug-likeness (QED) is 0.810. The van der Waals surface area contributed by atoms with E-state index in [4.69, 9.17) is 0 Å². The van der Waals surface area contributed by atoms with Crippen molar-refractivity contribution in [3.63, 3.8) is 0 Å². The standard InChI is InChI=1S/C16H19NS/c1-11-6-7-12(2)15(10-11)17-14-4-3-5-16-13(14)8-9-18-16/h6-10,14,17H,3-5H2,1-2H3. The van der Waals surface area contributed by atoms with Crippen LogP contribution in [0.15, 0.2) is 29.6 Å². The molecule has 0 fully saturated rings. The molecular formula is C16H19NS. The maximum absolute atomic E-state index is 3.74. The van der Waals surface area contributed by atoms with E-state index in [0.717, 1.165) is 0 Å². The maximum Gasteiger partial charge on any atom is 0.0525 e. The molecular weight excluding hydrogens is 238 g/mol. The van der Waals surface area contributed by atoms with Crippen LogP contribution in [-0.4, -0.2) is 0 Å². The van der Waals surface area contributed by atoms with Crippen LogP contribution in [0.1, 0.15) is 40.5 Å². The number of anilines is 1. The van der Waals surface area contributed by atoms with Crippen molar-refractivity contribution in [2.75, 3.05) is 5.32 Å². The molecule has 3 rings (SSSR count). The summed E-state index contributed by atoms with van der Waals surface area (Å²) in [5, 5.41) is 5.97. The minimum Gasteiger partial charge on any atom is -0.378 e. The highest BCUT2D eigenvalue weighted by atomic mass is 32.1. The van der Waals surface area contributed by atoms with E-state index in [1.807, 2.05) is 11.3 Å². The number of rotatable bonds is 2. The summed E-state index contributed by atoms with van der Waals surface area (Å²) in [6, 6.07) is 9.44. The Hall–Kier alpha value is -1.28. The fourth-order valence-electron chi connectivity index (χ4n) is 2.72. The molecule has 2 heteroatoms. The SMILES string of the molecule is Cc1ccc(C)c(NC2CCCc3sccc32)c1. The molecule has 0 aliphatic heterocycles. The van der Waals surface area contributed by atoms with Gasteiger partial charge in [0, 0.05) is 10.6 Å². The van der Waals surface area contributed by atoms with Crippen LogP contribution < -0.4 is 5.32 Å². The summed E-state index contributed by atoms with van der Waals surface area (Å²) < 4.78 is 0. The topological polar surface area (TPSA) is 12.0 Å². The van der Waals surface area contributed by atoms with Gasteiger partial charge in [0.1, 0.15) is 0 Å². The molecule has 1 heterocycles. The first-order chi connectivity index (χ1) is 8.74. The summed E-state index contributed by atoms with van der Waals surface area (Å²) in [6.45, 7) is 4.33. The monoisotopic (exact) mass is 257 g/mol. The lowest BCUT2D eigenvalue weighted by molar-refractivity contribution is 0.608. The molecule has 0 bridgehead atoms. The number of aryl methyl sites for hydroxylation is 3. The van der Waals surface area contributed by atoms with E-state index in [1.54, 1.807) is 4.88 Å². The fourth-order valence-corrected chi connectivity index (χ4v) is 3.70. The van der Waals surface area contributed by atoms with Crippen LogP contribution in [-0.2, 0) is 6.42 Å². The second-order valence-corrected chi connectivity index (χ2v) is 6.21. The van der Waals surface area contributed by atoms with Crippen LogP contribution in [0, 0.1) is 13.8 Å². The van der Waals surface area contributed by atoms with Crippen molar-refractivity contribution in [1.29, 1.82) is 0 Å². The highest BCUT2D eigenvalue weighted by Gasteiger charge is 2.21. The largest absolute Gasteiger partial charge is 0.378 e. The Morgan fingerprint density at radius 1 is 1.22 bits per heavy atom. The van der Waals surface area contributed by atoms with E-state index in [-0.39, 0.29) is 0 Å². The van der Waals surface area contributed by atoms with Crippen molar-refractivity contribution in [1.82, 2.24) is 0 Å². The third-order valence-corrected chi connectivity index (χ3v) is 4.77. The molecule has 1 atom stereocenters. The predicted octanol–water partition coefficient (Wildman–Crippen LogP) is 4.85. The predicted molar refractivity (Wildman–Crippen MR) is 79.5 cm³/mol. The molecule has 1 N–H and O–H groups in total. The van der Waals surface area contributed by atoms with Gasteiger partial charge in [-0.15, -0.1) is 11.3 Å². The highest BCUT2D eigenvalue weighted by Crippen LogP contribution is 2.36. The van der Waals surface area contributed by atoms with Gasteiger partial charge in [0.25, 0.3) is 0 Å². The Labute approximate surface area is 113 Å². The summed E-state index contributed by atoms with van der Waals surface area (Å²) in [7, 11) is 0. The van der Waals surface area contributed by atoms with Crippen molar-refractivity contribution >= 4 is 17.0 Å². The molecule has 1 aliphatic rings. The van der Waals surface area contributed by atoms with Crippen LogP contribution in [0.3, 0.4) is 0 Å². The van der Waals surface area contributed by atoms with Gasteiger partial charge in [-0.1, -0.05) is 12.1 Å². The molecule has 1 aliphatic carbocycles. The normalized spacial score (nSPS) is 18.4. The van der Waals surface area contributed by atoms with E-state index in [2.05, 4.69) is 48.8 Å². The van der Waals surface area contributed by atoms with Gasteiger partial charge in [-0.25, -0.2) is 0 Å². The van der Waals surface area contributed by atoms with Crippen LogP contribution in [0.4, 0.5) is 5.69 Å². The molecule has 1 aromatic carbocycles. The summed E-state index contributed by atoms with van der Waals surface area (Å²) in [5.74, 6) is 0. The molecule has 1 aromatic heterocycles. The molecule has 0 spiro atoms. The molecule has 0 radical (unpaired) electrons. The fraction of sp³-hybridized carbons (Fsp3) is 0.375. The number of benzene rings is 1. The Kier molecular flexibility index (Phi) is 3.13. The lowest BCUT2D eigenvalue weighted by Crippen LogP contribution is -2.16. The van der Waals surface area contributed by atoms with Gasteiger partial charge in [-0.3, -0.25) is 0 Å². The van der Waals surface area contributed by atoms with Crippen LogP contribution in [0.2, 0.25) is 0 Å². The number of nitrogens with one attached hydrogen (secondary N) is 1. The van der Waals surface area contributed by atoms with Gasteiger partial charge in [0.2, 0.25) is 0 Å². The van der Waals surface area contributed by atoms with E-state index in [1.165, 1.54) is 41.6 Å². The van der Waals surface area contributed by atoms with Crippen molar-refractivity contribution in [2.45, 2.75) is 39.2 Å². The molecule has 0 amide bonds. The third kappa shape index (κ3) is 2.17. The highest BCUT2D eigenvalue weighted by molar-refractivity contribution is 7.10. The van der Waals surface area contributed by atoms with Crippen molar-refractivity contribution in [3.05, 3.63) is 51.2 Å². The lowest BCUT2D eigenvalue weighted by Gasteiger charge is -2.25. The maximum atomic E-state index is 3.74.